The van der Waals surface area contributed by atoms with E-state index >= 15 is 0 Å². The number of phenols is 2. The van der Waals surface area contributed by atoms with Crippen molar-refractivity contribution in [1.82, 2.24) is 9.97 Å². The van der Waals surface area contributed by atoms with Gasteiger partial charge >= 0.3 is 0 Å². The van der Waals surface area contributed by atoms with Gasteiger partial charge in [0.2, 0.25) is 14.0 Å². The van der Waals surface area contributed by atoms with Crippen molar-refractivity contribution in [3.8, 4) is 34.2 Å². The van der Waals surface area contributed by atoms with Crippen LogP contribution in [0.3, 0.4) is 0 Å². The van der Waals surface area contributed by atoms with Crippen molar-refractivity contribution in [2.75, 3.05) is 0 Å². The summed E-state index contributed by atoms with van der Waals surface area (Å²) >= 11 is 0. The third-order valence-electron chi connectivity index (χ3n) is 4.86. The van der Waals surface area contributed by atoms with Crippen molar-refractivity contribution in [3.63, 3.8) is 0 Å². The van der Waals surface area contributed by atoms with Crippen LogP contribution in [0.15, 0.2) is 99.4 Å². The van der Waals surface area contributed by atoms with Gasteiger partial charge in [-0.25, -0.2) is 18.4 Å². The first-order valence-corrected chi connectivity index (χ1v) is 12.6. The summed E-state index contributed by atoms with van der Waals surface area (Å²) < 4.78 is 31.8. The Hall–Kier alpha value is -3.82. The van der Waals surface area contributed by atoms with Crippen LogP contribution in [0.2, 0.25) is 0 Å². The molecule has 0 saturated carbocycles. The number of nitrogens with zero attached hydrogens (tertiary/aromatic N) is 2. The van der Waals surface area contributed by atoms with Gasteiger partial charge in [-0.05, 0) is 66.7 Å². The first-order valence-electron chi connectivity index (χ1n) is 9.78. The minimum Gasteiger partial charge on any atom is -0.508 e. The normalized spacial score (nSPS) is 11.6. The number of hydrogen-bond acceptors (Lipinski definition) is 8. The lowest BCUT2D eigenvalue weighted by Crippen LogP contribution is -1.99. The number of rotatable bonds is 5. The average molecular weight is 477 g/mol. The Labute approximate surface area is 192 Å². The Bertz CT molecular complexity index is 1530. The summed E-state index contributed by atoms with van der Waals surface area (Å²) in [6.45, 7) is 0. The number of hydrogen-bond donors (Lipinski definition) is 2. The van der Waals surface area contributed by atoms with Gasteiger partial charge in [0, 0.05) is 10.9 Å². The van der Waals surface area contributed by atoms with Crippen molar-refractivity contribution < 1.29 is 23.0 Å². The standard InChI is InChI=1S/C24H16N2O5S2/c27-17-7-5-15(6-8-17)20-14-21(23-13-16-3-1-2-4-22(16)31-23)26-24(25-20)32-33(29,30)19-11-9-18(28)10-12-19/h1-14,27-28H. The summed E-state index contributed by atoms with van der Waals surface area (Å²) in [5.74, 6) is 0.550. The first-order chi connectivity index (χ1) is 15.9. The van der Waals surface area contributed by atoms with E-state index in [0.717, 1.165) is 5.39 Å². The first kappa shape index (κ1) is 21.0. The lowest BCUT2D eigenvalue weighted by molar-refractivity contribution is 0.474. The summed E-state index contributed by atoms with van der Waals surface area (Å²) in [6, 6.07) is 22.7. The summed E-state index contributed by atoms with van der Waals surface area (Å²) in [6.07, 6.45) is 0. The van der Waals surface area contributed by atoms with Crippen LogP contribution in [0, 0.1) is 0 Å². The van der Waals surface area contributed by atoms with E-state index in [0.29, 0.717) is 39.1 Å². The van der Waals surface area contributed by atoms with Gasteiger partial charge < -0.3 is 14.6 Å². The second-order valence-electron chi connectivity index (χ2n) is 7.15. The lowest BCUT2D eigenvalue weighted by atomic mass is 10.1. The van der Waals surface area contributed by atoms with Gasteiger partial charge in [0.15, 0.2) is 5.76 Å². The maximum atomic E-state index is 12.9. The summed E-state index contributed by atoms with van der Waals surface area (Å²) in [5, 5.41) is 20.0. The maximum absolute atomic E-state index is 12.9. The van der Waals surface area contributed by atoms with E-state index in [1.54, 1.807) is 18.2 Å². The molecular formula is C24H16N2O5S2. The fourth-order valence-electron chi connectivity index (χ4n) is 3.24. The highest BCUT2D eigenvalue weighted by atomic mass is 33.1. The van der Waals surface area contributed by atoms with Crippen molar-refractivity contribution in [2.24, 2.45) is 0 Å². The Morgan fingerprint density at radius 1 is 0.758 bits per heavy atom. The van der Waals surface area contributed by atoms with Crippen LogP contribution in [0.4, 0.5) is 0 Å². The van der Waals surface area contributed by atoms with E-state index in [1.165, 1.54) is 36.4 Å². The minimum atomic E-state index is -3.85. The smallest absolute Gasteiger partial charge is 0.237 e. The van der Waals surface area contributed by atoms with Crippen LogP contribution in [-0.2, 0) is 8.87 Å². The third-order valence-corrected chi connectivity index (χ3v) is 7.94. The number of fused-ring (bicyclic) bond motifs is 1. The molecule has 164 valence electrons. The summed E-state index contributed by atoms with van der Waals surface area (Å²) in [7, 11) is -3.34. The molecule has 5 rings (SSSR count). The molecule has 0 radical (unpaired) electrons. The molecular weight excluding hydrogens is 460 g/mol. The Morgan fingerprint density at radius 2 is 1.39 bits per heavy atom. The molecule has 0 saturated heterocycles. The third kappa shape index (κ3) is 4.41. The van der Waals surface area contributed by atoms with Gasteiger partial charge in [0.1, 0.15) is 22.8 Å². The van der Waals surface area contributed by atoms with Gasteiger partial charge in [-0.2, -0.15) is 0 Å². The molecule has 0 unspecified atom stereocenters. The number of furan rings is 1. The quantitative estimate of drug-likeness (QED) is 0.254. The molecule has 2 N–H and O–H groups in total. The highest BCUT2D eigenvalue weighted by Crippen LogP contribution is 2.34. The Morgan fingerprint density at radius 3 is 2.09 bits per heavy atom. The number of aromatic nitrogens is 2. The molecule has 0 amide bonds. The van der Waals surface area contributed by atoms with E-state index in [1.807, 2.05) is 30.3 Å². The van der Waals surface area contributed by atoms with Crippen molar-refractivity contribution >= 4 is 30.6 Å². The fraction of sp³-hybridized carbons (Fsp3) is 0. The molecule has 9 heteroatoms. The van der Waals surface area contributed by atoms with Crippen molar-refractivity contribution in [2.45, 2.75) is 10.1 Å². The van der Waals surface area contributed by atoms with Gasteiger partial charge in [-0.3, -0.25) is 0 Å². The molecule has 5 aromatic rings. The maximum Gasteiger partial charge on any atom is 0.237 e. The zero-order chi connectivity index (χ0) is 23.0. The van der Waals surface area contributed by atoms with E-state index in [2.05, 4.69) is 9.97 Å². The molecule has 0 aliphatic rings. The molecule has 0 atom stereocenters. The number of aromatic hydroxyl groups is 2. The topological polar surface area (TPSA) is 114 Å². The van der Waals surface area contributed by atoms with Crippen LogP contribution >= 0.6 is 10.8 Å². The van der Waals surface area contributed by atoms with Crippen molar-refractivity contribution in [1.29, 1.82) is 0 Å². The van der Waals surface area contributed by atoms with Gasteiger partial charge in [-0.15, -0.1) is 0 Å². The number of benzene rings is 3. The Kier molecular flexibility index (Phi) is 5.27. The molecule has 3 aromatic carbocycles. The molecule has 0 bridgehead atoms. The van der Waals surface area contributed by atoms with Gasteiger partial charge in [-0.1, -0.05) is 18.2 Å². The summed E-state index contributed by atoms with van der Waals surface area (Å²) in [5.41, 5.74) is 2.26. The SMILES string of the molecule is O=S(=O)(Sc1nc(-c2ccc(O)cc2)cc(-c2cc3ccccc3o2)n1)c1ccc(O)cc1. The number of para-hydroxylation sites is 1. The monoisotopic (exact) mass is 476 g/mol. The molecule has 7 nitrogen and oxygen atoms in total. The molecule has 0 aliphatic carbocycles. The molecule has 0 spiro atoms. The van der Waals surface area contributed by atoms with Gasteiger partial charge in [0.25, 0.3) is 0 Å². The molecule has 33 heavy (non-hydrogen) atoms. The molecule has 0 fully saturated rings. The van der Waals surface area contributed by atoms with E-state index in [4.69, 9.17) is 4.42 Å². The lowest BCUT2D eigenvalue weighted by Gasteiger charge is -2.08. The van der Waals surface area contributed by atoms with Crippen molar-refractivity contribution in [3.05, 3.63) is 84.9 Å². The molecule has 2 aromatic heterocycles. The van der Waals surface area contributed by atoms with E-state index < -0.39 is 8.87 Å². The second-order valence-corrected chi connectivity index (χ2v) is 10.9. The summed E-state index contributed by atoms with van der Waals surface area (Å²) in [4.78, 5) is 8.91. The molecule has 0 aliphatic heterocycles. The predicted molar refractivity (Wildman–Crippen MR) is 125 cm³/mol. The van der Waals surface area contributed by atoms with Crippen LogP contribution < -0.4 is 0 Å². The van der Waals surface area contributed by atoms with E-state index in [9.17, 15) is 18.6 Å². The van der Waals surface area contributed by atoms with Crippen LogP contribution in [0.1, 0.15) is 0 Å². The molecule has 2 heterocycles. The largest absolute Gasteiger partial charge is 0.508 e. The van der Waals surface area contributed by atoms with Crippen LogP contribution in [0.5, 0.6) is 11.5 Å². The van der Waals surface area contributed by atoms with Gasteiger partial charge in [0.05, 0.1) is 21.4 Å². The Balaban J connectivity index is 1.62. The van der Waals surface area contributed by atoms with Crippen LogP contribution in [0.25, 0.3) is 33.7 Å². The van der Waals surface area contributed by atoms with E-state index in [-0.39, 0.29) is 21.6 Å². The highest BCUT2D eigenvalue weighted by Gasteiger charge is 2.21. The van der Waals surface area contributed by atoms with Crippen LogP contribution in [-0.4, -0.2) is 28.6 Å². The average Bonchev–Trinajstić information content (AvgIpc) is 3.24. The number of phenolic OH excluding ortho intramolecular Hbond substituents is 2. The zero-order valence-electron chi connectivity index (χ0n) is 16.9. The highest BCUT2D eigenvalue weighted by molar-refractivity contribution is 8.72. The second kappa shape index (κ2) is 8.27. The predicted octanol–water partition coefficient (Wildman–Crippen LogP) is 5.45. The zero-order valence-corrected chi connectivity index (χ0v) is 18.5. The fourth-order valence-corrected chi connectivity index (χ4v) is 5.70. The minimum absolute atomic E-state index is 0.0177.